The van der Waals surface area contributed by atoms with Crippen LogP contribution in [0.1, 0.15) is 34.1 Å². The maximum atomic E-state index is 11.1. The standard InChI is InChI=1S/C15H20O/c1-5-6-9-15(16)13(2,3)12-7-10-14(15,4)11-8-12/h7-8,10-12,16H,9H2,1-4H3/t12?,14?,15-/m1/s1. The summed E-state index contributed by atoms with van der Waals surface area (Å²) < 4.78 is 0. The van der Waals surface area contributed by atoms with Gasteiger partial charge in [0.2, 0.25) is 0 Å². The van der Waals surface area contributed by atoms with E-state index in [0.717, 1.165) is 0 Å². The van der Waals surface area contributed by atoms with Gasteiger partial charge in [-0.15, -0.1) is 11.8 Å². The van der Waals surface area contributed by atoms with E-state index in [4.69, 9.17) is 0 Å². The molecule has 1 N–H and O–H groups in total. The van der Waals surface area contributed by atoms with Crippen LogP contribution < -0.4 is 0 Å². The third-order valence-electron chi connectivity index (χ3n) is 4.61. The normalized spacial score (nSPS) is 42.9. The number of allylic oxidation sites excluding steroid dienone is 2. The highest BCUT2D eigenvalue weighted by Gasteiger charge is 2.60. The third kappa shape index (κ3) is 1.17. The molecule has 0 aliphatic heterocycles. The Kier molecular flexibility index (Phi) is 2.33. The summed E-state index contributed by atoms with van der Waals surface area (Å²) in [5.74, 6) is 6.27. The average Bonchev–Trinajstić information content (AvgIpc) is 2.24. The van der Waals surface area contributed by atoms with Gasteiger partial charge in [-0.1, -0.05) is 38.2 Å². The first-order valence-electron chi connectivity index (χ1n) is 5.88. The second-order valence-electron chi connectivity index (χ2n) is 5.71. The summed E-state index contributed by atoms with van der Waals surface area (Å²) in [6.45, 7) is 8.19. The van der Waals surface area contributed by atoms with Gasteiger partial charge in [-0.2, -0.15) is 0 Å². The van der Waals surface area contributed by atoms with Gasteiger partial charge in [0, 0.05) is 23.2 Å². The third-order valence-corrected chi connectivity index (χ3v) is 4.61. The zero-order valence-corrected chi connectivity index (χ0v) is 10.5. The molecule has 1 atom stereocenters. The van der Waals surface area contributed by atoms with E-state index in [1.807, 2.05) is 6.92 Å². The van der Waals surface area contributed by atoms with Crippen molar-refractivity contribution in [2.75, 3.05) is 0 Å². The van der Waals surface area contributed by atoms with Gasteiger partial charge in [0.1, 0.15) is 0 Å². The molecule has 0 amide bonds. The lowest BCUT2D eigenvalue weighted by atomic mass is 9.48. The van der Waals surface area contributed by atoms with Crippen molar-refractivity contribution in [1.82, 2.24) is 0 Å². The van der Waals surface area contributed by atoms with Crippen LogP contribution in [0.25, 0.3) is 0 Å². The summed E-state index contributed by atoms with van der Waals surface area (Å²) in [4.78, 5) is 0. The van der Waals surface area contributed by atoms with Crippen molar-refractivity contribution < 1.29 is 5.11 Å². The van der Waals surface area contributed by atoms with Gasteiger partial charge in [0.15, 0.2) is 0 Å². The van der Waals surface area contributed by atoms with Gasteiger partial charge in [-0.25, -0.2) is 0 Å². The van der Waals surface area contributed by atoms with Crippen molar-refractivity contribution in [2.24, 2.45) is 16.7 Å². The molecule has 1 heteroatoms. The molecule has 0 fully saturated rings. The Morgan fingerprint density at radius 2 is 1.75 bits per heavy atom. The van der Waals surface area contributed by atoms with Crippen LogP contribution in [0.15, 0.2) is 24.3 Å². The van der Waals surface area contributed by atoms with Gasteiger partial charge < -0.3 is 5.11 Å². The zero-order valence-electron chi connectivity index (χ0n) is 10.5. The van der Waals surface area contributed by atoms with E-state index in [1.54, 1.807) is 0 Å². The van der Waals surface area contributed by atoms with Crippen molar-refractivity contribution in [3.05, 3.63) is 24.3 Å². The Hall–Kier alpha value is -1.00. The van der Waals surface area contributed by atoms with E-state index >= 15 is 0 Å². The van der Waals surface area contributed by atoms with Gasteiger partial charge in [0.05, 0.1) is 5.60 Å². The largest absolute Gasteiger partial charge is 0.387 e. The first-order valence-corrected chi connectivity index (χ1v) is 5.88. The molecule has 0 saturated carbocycles. The molecule has 0 aromatic rings. The summed E-state index contributed by atoms with van der Waals surface area (Å²) in [7, 11) is 0. The van der Waals surface area contributed by atoms with Crippen molar-refractivity contribution >= 4 is 0 Å². The Bertz CT molecular complexity index is 402. The number of rotatable bonds is 1. The Morgan fingerprint density at radius 3 is 2.19 bits per heavy atom. The quantitative estimate of drug-likeness (QED) is 0.528. The minimum Gasteiger partial charge on any atom is -0.387 e. The van der Waals surface area contributed by atoms with Crippen molar-refractivity contribution in [2.45, 2.75) is 39.7 Å². The molecule has 0 heterocycles. The van der Waals surface area contributed by atoms with Crippen LogP contribution in [0.3, 0.4) is 0 Å². The number of hydrogen-bond donors (Lipinski definition) is 1. The average molecular weight is 216 g/mol. The van der Waals surface area contributed by atoms with Gasteiger partial charge in [0.25, 0.3) is 0 Å². The molecule has 3 aliphatic rings. The second kappa shape index (κ2) is 3.25. The second-order valence-corrected chi connectivity index (χ2v) is 5.71. The highest BCUT2D eigenvalue weighted by Crippen LogP contribution is 2.59. The Labute approximate surface area is 98.3 Å². The molecule has 2 bridgehead atoms. The Balaban J connectivity index is 2.53. The summed E-state index contributed by atoms with van der Waals surface area (Å²) in [6.07, 6.45) is 9.25. The van der Waals surface area contributed by atoms with Crippen LogP contribution in [-0.4, -0.2) is 10.7 Å². The van der Waals surface area contributed by atoms with E-state index in [2.05, 4.69) is 56.9 Å². The summed E-state index contributed by atoms with van der Waals surface area (Å²) in [6, 6.07) is 0. The smallest absolute Gasteiger partial charge is 0.0937 e. The molecule has 86 valence electrons. The lowest BCUT2D eigenvalue weighted by Gasteiger charge is -2.58. The topological polar surface area (TPSA) is 20.2 Å². The Morgan fingerprint density at radius 1 is 1.19 bits per heavy atom. The summed E-state index contributed by atoms with van der Waals surface area (Å²) in [5.41, 5.74) is -1.21. The van der Waals surface area contributed by atoms with E-state index in [1.165, 1.54) is 0 Å². The maximum absolute atomic E-state index is 11.1. The first-order chi connectivity index (χ1) is 7.37. The molecular weight excluding hydrogens is 196 g/mol. The highest BCUT2D eigenvalue weighted by molar-refractivity contribution is 5.36. The van der Waals surface area contributed by atoms with Gasteiger partial charge in [-0.05, 0) is 13.8 Å². The lowest BCUT2D eigenvalue weighted by Crippen LogP contribution is -2.61. The van der Waals surface area contributed by atoms with E-state index in [0.29, 0.717) is 12.3 Å². The molecule has 0 spiro atoms. The molecule has 0 radical (unpaired) electrons. The molecule has 3 aliphatic carbocycles. The fraction of sp³-hybridized carbons (Fsp3) is 0.600. The molecular formula is C15H20O. The molecule has 1 nitrogen and oxygen atoms in total. The van der Waals surface area contributed by atoms with Crippen molar-refractivity contribution in [1.29, 1.82) is 0 Å². The lowest BCUT2D eigenvalue weighted by molar-refractivity contribution is -0.143. The van der Waals surface area contributed by atoms with E-state index < -0.39 is 5.60 Å². The SMILES string of the molecule is CC#CC[C@]1(O)C2(C)C=CC(C=C2)C1(C)C. The molecule has 0 unspecified atom stereocenters. The summed E-state index contributed by atoms with van der Waals surface area (Å²) >= 11 is 0. The minimum atomic E-state index is -0.767. The monoisotopic (exact) mass is 216 g/mol. The highest BCUT2D eigenvalue weighted by atomic mass is 16.3. The molecule has 16 heavy (non-hydrogen) atoms. The van der Waals surface area contributed by atoms with E-state index in [-0.39, 0.29) is 10.8 Å². The molecule has 0 aromatic heterocycles. The van der Waals surface area contributed by atoms with Crippen LogP contribution in [0.4, 0.5) is 0 Å². The van der Waals surface area contributed by atoms with Crippen LogP contribution in [0.2, 0.25) is 0 Å². The van der Waals surface area contributed by atoms with Crippen LogP contribution in [-0.2, 0) is 0 Å². The number of aliphatic hydroxyl groups is 1. The predicted molar refractivity (Wildman–Crippen MR) is 66.7 cm³/mol. The number of hydrogen-bond acceptors (Lipinski definition) is 1. The van der Waals surface area contributed by atoms with Gasteiger partial charge >= 0.3 is 0 Å². The predicted octanol–water partition coefficient (Wildman–Crippen LogP) is 2.92. The van der Waals surface area contributed by atoms with Crippen LogP contribution in [0, 0.1) is 28.6 Å². The fourth-order valence-corrected chi connectivity index (χ4v) is 3.09. The molecule has 0 saturated heterocycles. The maximum Gasteiger partial charge on any atom is 0.0937 e. The molecule has 3 rings (SSSR count). The summed E-state index contributed by atoms with van der Waals surface area (Å²) in [5, 5.41) is 11.1. The van der Waals surface area contributed by atoms with Crippen molar-refractivity contribution in [3.8, 4) is 11.8 Å². The molecule has 0 aromatic carbocycles. The minimum absolute atomic E-state index is 0.158. The van der Waals surface area contributed by atoms with Gasteiger partial charge in [-0.3, -0.25) is 0 Å². The van der Waals surface area contributed by atoms with Crippen LogP contribution in [0.5, 0.6) is 0 Å². The fourth-order valence-electron chi connectivity index (χ4n) is 3.09. The first kappa shape index (κ1) is 11.5. The van der Waals surface area contributed by atoms with Crippen LogP contribution >= 0.6 is 0 Å². The van der Waals surface area contributed by atoms with Crippen molar-refractivity contribution in [3.63, 3.8) is 0 Å². The zero-order chi connectivity index (χ0) is 12.0. The number of fused-ring (bicyclic) bond motifs is 1. The van der Waals surface area contributed by atoms with E-state index in [9.17, 15) is 5.11 Å².